The molecule has 0 spiro atoms. The Labute approximate surface area is 145 Å². The van der Waals surface area contributed by atoms with Crippen LogP contribution in [0.4, 0.5) is 0 Å². The van der Waals surface area contributed by atoms with Crippen LogP contribution in [0.25, 0.3) is 0 Å². The smallest absolute Gasteiger partial charge is 0.239 e. The molecule has 4 nitrogen and oxygen atoms in total. The second-order valence-electron chi connectivity index (χ2n) is 5.18. The van der Waals surface area contributed by atoms with Gasteiger partial charge in [0, 0.05) is 28.1 Å². The zero-order valence-corrected chi connectivity index (χ0v) is 14.6. The molecule has 3 N–H and O–H groups in total. The van der Waals surface area contributed by atoms with Crippen LogP contribution in [0, 0.1) is 0 Å². The fraction of sp³-hybridized carbons (Fsp3) is 0.467. The van der Waals surface area contributed by atoms with Crippen LogP contribution in [-0.4, -0.2) is 22.8 Å². The Bertz CT molecular complexity index is 504. The average Bonchev–Trinajstić information content (AvgIpc) is 3.00. The number of amides is 1. The Kier molecular flexibility index (Phi) is 7.29. The summed E-state index contributed by atoms with van der Waals surface area (Å²) in [6.45, 7) is 0. The topological polar surface area (TPSA) is 53.2 Å². The molecule has 1 aliphatic carbocycles. The van der Waals surface area contributed by atoms with Gasteiger partial charge >= 0.3 is 0 Å². The summed E-state index contributed by atoms with van der Waals surface area (Å²) in [5.41, 5.74) is 5.38. The maximum Gasteiger partial charge on any atom is 0.239 e. The molecular weight excluding hydrogens is 338 g/mol. The monoisotopic (exact) mass is 357 g/mol. The molecule has 0 aromatic heterocycles. The normalized spacial score (nSPS) is 14.6. The zero-order chi connectivity index (χ0) is 15.8. The number of hydrogen-bond acceptors (Lipinski definition) is 3. The summed E-state index contributed by atoms with van der Waals surface area (Å²) in [5.74, 6) is 0.634. The van der Waals surface area contributed by atoms with Crippen LogP contribution in [0.1, 0.15) is 32.1 Å². The minimum atomic E-state index is -0.0722. The van der Waals surface area contributed by atoms with Crippen molar-refractivity contribution in [2.24, 2.45) is 0 Å². The second-order valence-corrected chi connectivity index (χ2v) is 7.19. The fourth-order valence-corrected chi connectivity index (χ4v) is 3.47. The molecule has 1 aromatic carbocycles. The van der Waals surface area contributed by atoms with E-state index in [-0.39, 0.29) is 5.91 Å². The van der Waals surface area contributed by atoms with Gasteiger partial charge in [-0.1, -0.05) is 24.4 Å². The maximum absolute atomic E-state index is 11.7. The number of rotatable bonds is 5. The highest BCUT2D eigenvalue weighted by atomic mass is 35.5. The van der Waals surface area contributed by atoms with E-state index >= 15 is 0 Å². The van der Waals surface area contributed by atoms with Gasteiger partial charge in [0.2, 0.25) is 5.91 Å². The fourth-order valence-electron chi connectivity index (χ4n) is 2.27. The molecule has 0 heterocycles. The number of thiocarbonyl (C=S) groups is 1. The summed E-state index contributed by atoms with van der Waals surface area (Å²) < 4.78 is 0. The van der Waals surface area contributed by atoms with E-state index in [9.17, 15) is 4.79 Å². The van der Waals surface area contributed by atoms with Crippen LogP contribution in [0.5, 0.6) is 0 Å². The molecule has 0 radical (unpaired) electrons. The number of hydrazine groups is 1. The van der Waals surface area contributed by atoms with E-state index in [0.717, 1.165) is 22.8 Å². The summed E-state index contributed by atoms with van der Waals surface area (Å²) in [6, 6.07) is 8.03. The van der Waals surface area contributed by atoms with Crippen molar-refractivity contribution in [3.8, 4) is 0 Å². The maximum atomic E-state index is 11.7. The highest BCUT2D eigenvalue weighted by molar-refractivity contribution is 7.99. The van der Waals surface area contributed by atoms with Crippen molar-refractivity contribution in [2.75, 3.05) is 5.75 Å². The molecule has 7 heteroatoms. The Hall–Kier alpha value is -0.980. The lowest BCUT2D eigenvalue weighted by Crippen LogP contribution is -2.49. The largest absolute Gasteiger partial charge is 0.359 e. The highest BCUT2D eigenvalue weighted by Gasteiger charge is 2.15. The molecule has 0 atom stereocenters. The number of benzene rings is 1. The number of hydrogen-bond donors (Lipinski definition) is 3. The minimum Gasteiger partial charge on any atom is -0.359 e. The molecular formula is C15H20ClN3OS2. The van der Waals surface area contributed by atoms with Crippen molar-refractivity contribution < 1.29 is 4.79 Å². The Balaban J connectivity index is 1.57. The summed E-state index contributed by atoms with van der Waals surface area (Å²) in [5, 5.41) is 4.42. The molecule has 0 saturated heterocycles. The van der Waals surface area contributed by atoms with Gasteiger partial charge in [-0.25, -0.2) is 0 Å². The lowest BCUT2D eigenvalue weighted by Gasteiger charge is -2.16. The van der Waals surface area contributed by atoms with Gasteiger partial charge in [0.05, 0.1) is 0 Å². The van der Waals surface area contributed by atoms with Crippen LogP contribution in [0.2, 0.25) is 5.02 Å². The molecule has 0 aliphatic heterocycles. The Morgan fingerprint density at radius 2 is 1.91 bits per heavy atom. The number of carbonyl (C=O) groups is 1. The van der Waals surface area contributed by atoms with E-state index in [1.807, 2.05) is 24.3 Å². The summed E-state index contributed by atoms with van der Waals surface area (Å²) in [6.07, 6.45) is 5.20. The lowest BCUT2D eigenvalue weighted by molar-refractivity contribution is -0.121. The van der Waals surface area contributed by atoms with Gasteiger partial charge in [0.25, 0.3) is 0 Å². The average molecular weight is 358 g/mol. The van der Waals surface area contributed by atoms with Crippen molar-refractivity contribution >= 4 is 46.6 Å². The third kappa shape index (κ3) is 6.42. The van der Waals surface area contributed by atoms with E-state index in [1.54, 1.807) is 11.8 Å². The zero-order valence-electron chi connectivity index (χ0n) is 12.2. The molecule has 0 bridgehead atoms. The van der Waals surface area contributed by atoms with E-state index in [2.05, 4.69) is 16.2 Å². The Morgan fingerprint density at radius 3 is 2.59 bits per heavy atom. The quantitative estimate of drug-likeness (QED) is 0.429. The van der Waals surface area contributed by atoms with Crippen molar-refractivity contribution in [3.63, 3.8) is 0 Å². The molecule has 22 heavy (non-hydrogen) atoms. The van der Waals surface area contributed by atoms with Crippen molar-refractivity contribution in [1.82, 2.24) is 16.2 Å². The molecule has 120 valence electrons. The molecule has 1 saturated carbocycles. The van der Waals surface area contributed by atoms with Gasteiger partial charge in [-0.05, 0) is 49.3 Å². The first-order chi connectivity index (χ1) is 10.6. The number of halogens is 1. The van der Waals surface area contributed by atoms with Gasteiger partial charge < -0.3 is 5.32 Å². The summed E-state index contributed by atoms with van der Waals surface area (Å²) in [7, 11) is 0. The van der Waals surface area contributed by atoms with Crippen molar-refractivity contribution in [1.29, 1.82) is 0 Å². The van der Waals surface area contributed by atoms with Crippen molar-refractivity contribution in [3.05, 3.63) is 29.3 Å². The molecule has 2 rings (SSSR count). The van der Waals surface area contributed by atoms with E-state index in [1.165, 1.54) is 12.8 Å². The molecule has 1 aliphatic rings. The van der Waals surface area contributed by atoms with Gasteiger partial charge in [-0.3, -0.25) is 15.6 Å². The first-order valence-electron chi connectivity index (χ1n) is 7.37. The van der Waals surface area contributed by atoms with Crippen LogP contribution in [-0.2, 0) is 4.79 Å². The van der Waals surface area contributed by atoms with Gasteiger partial charge in [0.1, 0.15) is 0 Å². The predicted molar refractivity (Wildman–Crippen MR) is 96.1 cm³/mol. The minimum absolute atomic E-state index is 0.0722. The second kappa shape index (κ2) is 9.22. The molecule has 1 aromatic rings. The third-order valence-electron chi connectivity index (χ3n) is 3.42. The van der Waals surface area contributed by atoms with E-state index < -0.39 is 0 Å². The lowest BCUT2D eigenvalue weighted by atomic mass is 10.3. The van der Waals surface area contributed by atoms with E-state index in [4.69, 9.17) is 23.8 Å². The summed E-state index contributed by atoms with van der Waals surface area (Å²) >= 11 is 12.6. The first kappa shape index (κ1) is 17.4. The molecule has 1 fully saturated rings. The highest BCUT2D eigenvalue weighted by Crippen LogP contribution is 2.20. The van der Waals surface area contributed by atoms with E-state index in [0.29, 0.717) is 23.3 Å². The van der Waals surface area contributed by atoms with Crippen LogP contribution in [0.3, 0.4) is 0 Å². The van der Waals surface area contributed by atoms with Gasteiger partial charge in [-0.2, -0.15) is 0 Å². The van der Waals surface area contributed by atoms with Gasteiger partial charge in [-0.15, -0.1) is 11.8 Å². The predicted octanol–water partition coefficient (Wildman–Crippen LogP) is 3.26. The number of carbonyl (C=O) groups excluding carboxylic acids is 1. The van der Waals surface area contributed by atoms with Crippen LogP contribution in [0.15, 0.2) is 29.2 Å². The standard InChI is InChI=1S/C15H20ClN3OS2/c16-11-5-7-13(8-6-11)22-10-9-14(20)18-19-15(21)17-12-3-1-2-4-12/h5-8,12H,1-4,9-10H2,(H,18,20)(H2,17,19,21). The third-order valence-corrected chi connectivity index (χ3v) is 4.90. The molecule has 0 unspecified atom stereocenters. The van der Waals surface area contributed by atoms with Crippen LogP contribution >= 0.6 is 35.6 Å². The van der Waals surface area contributed by atoms with Crippen LogP contribution < -0.4 is 16.2 Å². The number of thioether (sulfide) groups is 1. The first-order valence-corrected chi connectivity index (χ1v) is 9.14. The summed E-state index contributed by atoms with van der Waals surface area (Å²) in [4.78, 5) is 12.8. The van der Waals surface area contributed by atoms with Gasteiger partial charge in [0.15, 0.2) is 5.11 Å². The van der Waals surface area contributed by atoms with Crippen molar-refractivity contribution in [2.45, 2.75) is 43.0 Å². The SMILES string of the molecule is O=C(CCSc1ccc(Cl)cc1)NNC(=S)NC1CCCC1. The Morgan fingerprint density at radius 1 is 1.23 bits per heavy atom. The number of nitrogens with one attached hydrogen (secondary N) is 3. The molecule has 1 amide bonds.